The van der Waals surface area contributed by atoms with Crippen LogP contribution in [-0.2, 0) is 16.8 Å². The monoisotopic (exact) mass is 329 g/mol. The van der Waals surface area contributed by atoms with E-state index < -0.39 is 0 Å². The van der Waals surface area contributed by atoms with Gasteiger partial charge in [-0.25, -0.2) is 4.98 Å². The highest BCUT2D eigenvalue weighted by Gasteiger charge is 2.31. The van der Waals surface area contributed by atoms with E-state index in [-0.39, 0.29) is 17.2 Å². The molecule has 3 aromatic rings. The van der Waals surface area contributed by atoms with Gasteiger partial charge in [0.1, 0.15) is 0 Å². The van der Waals surface area contributed by atoms with Gasteiger partial charge in [-0.3, -0.25) is 14.3 Å². The molecular weight excluding hydrogens is 310 g/mol. The predicted octanol–water partition coefficient (Wildman–Crippen LogP) is 2.57. The van der Waals surface area contributed by atoms with Crippen molar-refractivity contribution in [1.82, 2.24) is 24.9 Å². The molecule has 1 aliphatic heterocycles. The Bertz CT molecular complexity index is 882. The summed E-state index contributed by atoms with van der Waals surface area (Å²) >= 11 is 1.61. The van der Waals surface area contributed by atoms with E-state index in [1.165, 1.54) is 0 Å². The van der Waals surface area contributed by atoms with Crippen molar-refractivity contribution in [2.75, 3.05) is 0 Å². The van der Waals surface area contributed by atoms with Gasteiger partial charge in [-0.15, -0.1) is 11.3 Å². The van der Waals surface area contributed by atoms with Crippen molar-refractivity contribution in [2.24, 2.45) is 0 Å². The van der Waals surface area contributed by atoms with Crippen molar-refractivity contribution in [3.05, 3.63) is 40.4 Å². The maximum Gasteiger partial charge on any atom is 0.221 e. The van der Waals surface area contributed by atoms with E-state index in [1.54, 1.807) is 11.3 Å². The number of carbonyl (C=O) groups excluding carboxylic acids is 1. The van der Waals surface area contributed by atoms with E-state index in [1.807, 2.05) is 11.6 Å². The Balaban J connectivity index is 1.86. The van der Waals surface area contributed by atoms with Gasteiger partial charge in [-0.05, 0) is 6.07 Å². The Labute approximate surface area is 137 Å². The van der Waals surface area contributed by atoms with Crippen LogP contribution < -0.4 is 5.32 Å². The van der Waals surface area contributed by atoms with E-state index in [4.69, 9.17) is 0 Å². The zero-order chi connectivity index (χ0) is 16.2. The van der Waals surface area contributed by atoms with Crippen LogP contribution in [0.15, 0.2) is 17.6 Å². The van der Waals surface area contributed by atoms with E-state index in [0.717, 1.165) is 27.7 Å². The number of fused-ring (bicyclic) bond motifs is 3. The van der Waals surface area contributed by atoms with Gasteiger partial charge >= 0.3 is 0 Å². The lowest BCUT2D eigenvalue weighted by molar-refractivity contribution is -0.121. The molecule has 23 heavy (non-hydrogen) atoms. The minimum Gasteiger partial charge on any atom is -0.350 e. The first-order chi connectivity index (χ1) is 10.9. The van der Waals surface area contributed by atoms with Crippen LogP contribution in [0.1, 0.15) is 55.9 Å². The van der Waals surface area contributed by atoms with Crippen LogP contribution in [0.4, 0.5) is 0 Å². The molecule has 0 fully saturated rings. The summed E-state index contributed by atoms with van der Waals surface area (Å²) in [4.78, 5) is 17.8. The fourth-order valence-corrected chi connectivity index (χ4v) is 3.78. The molecule has 120 valence electrons. The highest BCUT2D eigenvalue weighted by atomic mass is 32.1. The van der Waals surface area contributed by atoms with E-state index in [2.05, 4.69) is 51.7 Å². The third kappa shape index (κ3) is 2.35. The summed E-state index contributed by atoms with van der Waals surface area (Å²) in [5, 5.41) is 12.6. The first kappa shape index (κ1) is 14.4. The summed E-state index contributed by atoms with van der Waals surface area (Å²) < 4.78 is 2.10. The second kappa shape index (κ2) is 4.92. The summed E-state index contributed by atoms with van der Waals surface area (Å²) in [5.41, 5.74) is 3.98. The number of rotatable bonds is 1. The van der Waals surface area contributed by atoms with Gasteiger partial charge in [-0.2, -0.15) is 5.10 Å². The molecule has 0 aromatic carbocycles. The smallest absolute Gasteiger partial charge is 0.221 e. The zero-order valence-electron chi connectivity index (χ0n) is 13.4. The molecule has 1 amide bonds. The number of aromatic amines is 1. The first-order valence-electron chi connectivity index (χ1n) is 7.70. The van der Waals surface area contributed by atoms with E-state index in [0.29, 0.717) is 13.0 Å². The Hall–Kier alpha value is -2.15. The first-order valence-corrected chi connectivity index (χ1v) is 8.58. The molecule has 0 radical (unpaired) electrons. The Morgan fingerprint density at radius 1 is 1.39 bits per heavy atom. The summed E-state index contributed by atoms with van der Waals surface area (Å²) in [5.74, 6) is -0.00964. The Morgan fingerprint density at radius 3 is 2.96 bits per heavy atom. The zero-order valence-corrected chi connectivity index (χ0v) is 14.2. The van der Waals surface area contributed by atoms with Crippen LogP contribution >= 0.6 is 11.3 Å². The van der Waals surface area contributed by atoms with Gasteiger partial charge in [0, 0.05) is 29.1 Å². The van der Waals surface area contributed by atoms with Crippen molar-refractivity contribution in [3.8, 4) is 0 Å². The number of aromatic nitrogens is 4. The number of carbonyl (C=O) groups is 1. The molecule has 0 spiro atoms. The molecule has 0 saturated heterocycles. The maximum absolute atomic E-state index is 12.1. The third-order valence-electron chi connectivity index (χ3n) is 4.29. The van der Waals surface area contributed by atoms with Crippen LogP contribution in [0.5, 0.6) is 0 Å². The van der Waals surface area contributed by atoms with Gasteiger partial charge < -0.3 is 5.32 Å². The summed E-state index contributed by atoms with van der Waals surface area (Å²) in [7, 11) is 0. The van der Waals surface area contributed by atoms with Crippen LogP contribution in [0.3, 0.4) is 0 Å². The minimum atomic E-state index is -0.0549. The standard InChI is InChI=1S/C16H19N5OS/c1-16(2,3)12-7-10(19-20-12)9-6-13(22)17-8-11-14(9)21-4-5-23-15(21)18-11/h4-5,7,9H,6,8H2,1-3H3,(H,17,22)(H,19,20)/t9-/m0/s1. The van der Waals surface area contributed by atoms with Gasteiger partial charge in [0.2, 0.25) is 5.91 Å². The topological polar surface area (TPSA) is 75.1 Å². The lowest BCUT2D eigenvalue weighted by Crippen LogP contribution is -2.21. The molecule has 3 aromatic heterocycles. The molecule has 7 heteroatoms. The van der Waals surface area contributed by atoms with Crippen LogP contribution in [0, 0.1) is 0 Å². The van der Waals surface area contributed by atoms with E-state index >= 15 is 0 Å². The second-order valence-corrected chi connectivity index (χ2v) is 7.86. The van der Waals surface area contributed by atoms with Gasteiger partial charge in [-0.1, -0.05) is 20.8 Å². The molecule has 0 saturated carbocycles. The molecule has 4 heterocycles. The highest BCUT2D eigenvalue weighted by molar-refractivity contribution is 7.15. The van der Waals surface area contributed by atoms with Crippen molar-refractivity contribution < 1.29 is 4.79 Å². The predicted molar refractivity (Wildman–Crippen MR) is 88.7 cm³/mol. The minimum absolute atomic E-state index is 0.0281. The number of H-pyrrole nitrogens is 1. The molecule has 0 bridgehead atoms. The molecule has 0 aliphatic carbocycles. The Morgan fingerprint density at radius 2 is 2.22 bits per heavy atom. The van der Waals surface area contributed by atoms with Crippen LogP contribution in [0.25, 0.3) is 4.96 Å². The summed E-state index contributed by atoms with van der Waals surface area (Å²) in [6.07, 6.45) is 2.43. The number of amides is 1. The second-order valence-electron chi connectivity index (χ2n) is 6.99. The number of hydrogen-bond acceptors (Lipinski definition) is 4. The lowest BCUT2D eigenvalue weighted by atomic mass is 9.90. The van der Waals surface area contributed by atoms with E-state index in [9.17, 15) is 4.79 Å². The van der Waals surface area contributed by atoms with Gasteiger partial charge in [0.25, 0.3) is 0 Å². The quantitative estimate of drug-likeness (QED) is 0.720. The molecule has 2 N–H and O–H groups in total. The fourth-order valence-electron chi connectivity index (χ4n) is 3.04. The summed E-state index contributed by atoms with van der Waals surface area (Å²) in [6.45, 7) is 6.88. The molecule has 0 unspecified atom stereocenters. The van der Waals surface area contributed by atoms with Crippen molar-refractivity contribution in [3.63, 3.8) is 0 Å². The number of nitrogens with one attached hydrogen (secondary N) is 2. The number of thiazole rings is 1. The lowest BCUT2D eigenvalue weighted by Gasteiger charge is -2.14. The normalized spacial score (nSPS) is 18.7. The van der Waals surface area contributed by atoms with Crippen molar-refractivity contribution in [1.29, 1.82) is 0 Å². The molecular formula is C16H19N5OS. The molecule has 6 nitrogen and oxygen atoms in total. The van der Waals surface area contributed by atoms with Gasteiger partial charge in [0.05, 0.1) is 29.5 Å². The number of imidazole rings is 1. The Kier molecular flexibility index (Phi) is 3.09. The highest BCUT2D eigenvalue weighted by Crippen LogP contribution is 2.34. The third-order valence-corrected chi connectivity index (χ3v) is 5.05. The largest absolute Gasteiger partial charge is 0.350 e. The average Bonchev–Trinajstić information content (AvgIpc) is 3.15. The van der Waals surface area contributed by atoms with Crippen molar-refractivity contribution >= 4 is 22.2 Å². The fraction of sp³-hybridized carbons (Fsp3) is 0.438. The molecule has 1 atom stereocenters. The summed E-state index contributed by atoms with van der Waals surface area (Å²) in [6, 6.07) is 2.08. The van der Waals surface area contributed by atoms with Crippen LogP contribution in [-0.4, -0.2) is 25.5 Å². The maximum atomic E-state index is 12.1. The molecule has 1 aliphatic rings. The van der Waals surface area contributed by atoms with Crippen molar-refractivity contribution in [2.45, 2.75) is 45.1 Å². The number of hydrogen-bond donors (Lipinski definition) is 2. The molecule has 4 rings (SSSR count). The number of nitrogens with zero attached hydrogens (tertiary/aromatic N) is 3. The average molecular weight is 329 g/mol. The van der Waals surface area contributed by atoms with Crippen LogP contribution in [0.2, 0.25) is 0 Å². The SMILES string of the molecule is CC(C)(C)c1cc([C@@H]2CC(=O)NCc3nc4sccn4c32)[nH]n1. The van der Waals surface area contributed by atoms with Gasteiger partial charge in [0.15, 0.2) is 4.96 Å².